The predicted octanol–water partition coefficient (Wildman–Crippen LogP) is 8.08. The van der Waals surface area contributed by atoms with Gasteiger partial charge in [0.25, 0.3) is 0 Å². The molecule has 0 aliphatic heterocycles. The molecule has 2 aromatic carbocycles. The lowest BCUT2D eigenvalue weighted by Crippen LogP contribution is -2.48. The molecule has 0 heterocycles. The molecule has 0 saturated heterocycles. The molecule has 8 aliphatic carbocycles. The van der Waals surface area contributed by atoms with Gasteiger partial charge in [-0.05, 0) is 158 Å². The van der Waals surface area contributed by atoms with E-state index in [1.54, 1.807) is 60.6 Å². The van der Waals surface area contributed by atoms with Gasteiger partial charge in [0.1, 0.15) is 0 Å². The Morgan fingerprint density at radius 2 is 1.00 bits per heavy atom. The number of benzene rings is 2. The van der Waals surface area contributed by atoms with E-state index < -0.39 is 0 Å². The predicted molar refractivity (Wildman–Crippen MR) is 128 cm³/mol. The summed E-state index contributed by atoms with van der Waals surface area (Å²) in [5, 5.41) is 3.08. The fourth-order valence-electron chi connectivity index (χ4n) is 11.1. The van der Waals surface area contributed by atoms with Gasteiger partial charge in [0.2, 0.25) is 0 Å². The third kappa shape index (κ3) is 2.54. The number of rotatable bonds is 2. The Kier molecular flexibility index (Phi) is 3.50. The summed E-state index contributed by atoms with van der Waals surface area (Å²) in [5.74, 6) is 6.17. The van der Waals surface area contributed by atoms with Gasteiger partial charge in [-0.2, -0.15) is 0 Å². The minimum absolute atomic E-state index is 0.520. The molecule has 0 unspecified atom stereocenters. The minimum Gasteiger partial charge on any atom is -0.0578 e. The lowest BCUT2D eigenvalue weighted by Gasteiger charge is -2.57. The first-order chi connectivity index (χ1) is 15.1. The molecule has 0 radical (unpaired) electrons. The largest absolute Gasteiger partial charge is 0.0578 e. The Bertz CT molecular complexity index is 1000. The molecule has 0 atom stereocenters. The Labute approximate surface area is 188 Å². The van der Waals surface area contributed by atoms with E-state index in [-0.39, 0.29) is 0 Å². The van der Waals surface area contributed by atoms with Gasteiger partial charge in [-0.25, -0.2) is 0 Å². The summed E-state index contributed by atoms with van der Waals surface area (Å²) in [7, 11) is 0. The molecule has 0 nitrogen and oxygen atoms in total. The van der Waals surface area contributed by atoms with Gasteiger partial charge in [0.05, 0.1) is 0 Å². The first-order valence-electron chi connectivity index (χ1n) is 13.6. The highest BCUT2D eigenvalue weighted by Gasteiger charge is 2.53. The molecule has 0 spiro atoms. The molecule has 0 N–H and O–H groups in total. The van der Waals surface area contributed by atoms with Crippen LogP contribution in [0.2, 0.25) is 0 Å². The Hall–Kier alpha value is -1.30. The van der Waals surface area contributed by atoms with Crippen LogP contribution in [0.25, 0.3) is 10.8 Å². The SMILES string of the molecule is Cc1cc(C23CC4CC(CC(C4)C2)C3)cc2ccc(C34CC5CC(CC(C5)C3)C4)cc12. The van der Waals surface area contributed by atoms with Gasteiger partial charge in [-0.1, -0.05) is 30.3 Å². The van der Waals surface area contributed by atoms with Crippen LogP contribution in [0.5, 0.6) is 0 Å². The summed E-state index contributed by atoms with van der Waals surface area (Å²) in [6.45, 7) is 2.41. The monoisotopic (exact) mass is 410 g/mol. The summed E-state index contributed by atoms with van der Waals surface area (Å²) in [4.78, 5) is 0. The Balaban J connectivity index is 1.20. The fourth-order valence-corrected chi connectivity index (χ4v) is 11.1. The molecule has 0 aromatic heterocycles. The Morgan fingerprint density at radius 3 is 1.48 bits per heavy atom. The van der Waals surface area contributed by atoms with E-state index in [9.17, 15) is 0 Å². The van der Waals surface area contributed by atoms with Crippen molar-refractivity contribution in [2.24, 2.45) is 35.5 Å². The van der Waals surface area contributed by atoms with Crippen LogP contribution in [0.4, 0.5) is 0 Å². The second-order valence-corrected chi connectivity index (χ2v) is 13.6. The van der Waals surface area contributed by atoms with E-state index in [2.05, 4.69) is 37.3 Å². The average molecular weight is 411 g/mol. The quantitative estimate of drug-likeness (QED) is 0.469. The van der Waals surface area contributed by atoms with Crippen LogP contribution < -0.4 is 0 Å². The smallest absolute Gasteiger partial charge is 0.00387 e. The summed E-state index contributed by atoms with van der Waals surface area (Å²) in [6, 6.07) is 13.0. The second kappa shape index (κ2) is 5.98. The van der Waals surface area contributed by atoms with Crippen LogP contribution in [0.1, 0.15) is 93.7 Å². The molecule has 8 bridgehead atoms. The van der Waals surface area contributed by atoms with Crippen LogP contribution in [0.15, 0.2) is 30.3 Å². The van der Waals surface area contributed by atoms with Gasteiger partial charge < -0.3 is 0 Å². The van der Waals surface area contributed by atoms with Crippen LogP contribution in [0, 0.1) is 42.4 Å². The number of hydrogen-bond donors (Lipinski definition) is 0. The van der Waals surface area contributed by atoms with Crippen molar-refractivity contribution in [3.8, 4) is 0 Å². The molecular formula is C31H38. The second-order valence-electron chi connectivity index (χ2n) is 13.6. The van der Waals surface area contributed by atoms with Crippen molar-refractivity contribution in [3.63, 3.8) is 0 Å². The van der Waals surface area contributed by atoms with Crippen molar-refractivity contribution in [1.82, 2.24) is 0 Å². The van der Waals surface area contributed by atoms with Crippen molar-refractivity contribution in [2.75, 3.05) is 0 Å². The van der Waals surface area contributed by atoms with Crippen molar-refractivity contribution >= 4 is 10.8 Å². The summed E-state index contributed by atoms with van der Waals surface area (Å²) in [5.41, 5.74) is 6.00. The van der Waals surface area contributed by atoms with Gasteiger partial charge >= 0.3 is 0 Å². The van der Waals surface area contributed by atoms with Gasteiger partial charge in [-0.3, -0.25) is 0 Å². The zero-order chi connectivity index (χ0) is 20.4. The van der Waals surface area contributed by atoms with E-state index in [1.807, 2.05) is 0 Å². The maximum Gasteiger partial charge on any atom is -0.00387 e. The van der Waals surface area contributed by atoms with Crippen molar-refractivity contribution in [3.05, 3.63) is 47.0 Å². The van der Waals surface area contributed by atoms with Gasteiger partial charge in [0.15, 0.2) is 0 Å². The molecule has 0 heteroatoms. The van der Waals surface area contributed by atoms with Crippen molar-refractivity contribution in [2.45, 2.75) is 94.8 Å². The van der Waals surface area contributed by atoms with E-state index in [4.69, 9.17) is 0 Å². The zero-order valence-electron chi connectivity index (χ0n) is 19.3. The summed E-state index contributed by atoms with van der Waals surface area (Å²) >= 11 is 0. The maximum atomic E-state index is 2.65. The number of aryl methyl sites for hydroxylation is 1. The molecule has 0 amide bonds. The lowest BCUT2D eigenvalue weighted by atomic mass is 9.47. The van der Waals surface area contributed by atoms with E-state index >= 15 is 0 Å². The van der Waals surface area contributed by atoms with Gasteiger partial charge in [-0.15, -0.1) is 0 Å². The number of hydrogen-bond acceptors (Lipinski definition) is 0. The first-order valence-corrected chi connectivity index (χ1v) is 13.6. The van der Waals surface area contributed by atoms with E-state index in [0.29, 0.717) is 10.8 Å². The summed E-state index contributed by atoms with van der Waals surface area (Å²) < 4.78 is 0. The molecular weight excluding hydrogens is 372 g/mol. The minimum atomic E-state index is 0.520. The van der Waals surface area contributed by atoms with Crippen LogP contribution >= 0.6 is 0 Å². The fraction of sp³-hybridized carbons (Fsp3) is 0.677. The van der Waals surface area contributed by atoms with E-state index in [0.717, 1.165) is 35.5 Å². The normalized spacial score (nSPS) is 46.9. The van der Waals surface area contributed by atoms with Gasteiger partial charge in [0, 0.05) is 0 Å². The maximum absolute atomic E-state index is 2.65. The Morgan fingerprint density at radius 1 is 0.548 bits per heavy atom. The molecule has 10 rings (SSSR count). The van der Waals surface area contributed by atoms with Crippen LogP contribution in [0.3, 0.4) is 0 Å². The molecule has 162 valence electrons. The zero-order valence-corrected chi connectivity index (χ0v) is 19.3. The molecule has 2 aromatic rings. The van der Waals surface area contributed by atoms with Crippen molar-refractivity contribution < 1.29 is 0 Å². The molecule has 8 saturated carbocycles. The highest BCUT2D eigenvalue weighted by Crippen LogP contribution is 2.62. The van der Waals surface area contributed by atoms with E-state index in [1.165, 1.54) is 43.9 Å². The number of fused-ring (bicyclic) bond motifs is 1. The topological polar surface area (TPSA) is 0 Å². The van der Waals surface area contributed by atoms with Crippen molar-refractivity contribution in [1.29, 1.82) is 0 Å². The average Bonchev–Trinajstić information content (AvgIpc) is 2.71. The highest BCUT2D eigenvalue weighted by molar-refractivity contribution is 5.87. The summed E-state index contributed by atoms with van der Waals surface area (Å²) in [6.07, 6.45) is 18.1. The lowest BCUT2D eigenvalue weighted by molar-refractivity contribution is -0.00538. The van der Waals surface area contributed by atoms with Crippen LogP contribution in [-0.2, 0) is 10.8 Å². The third-order valence-electron chi connectivity index (χ3n) is 11.5. The molecule has 31 heavy (non-hydrogen) atoms. The molecule has 8 aliphatic rings. The first kappa shape index (κ1) is 18.2. The van der Waals surface area contributed by atoms with Crippen LogP contribution in [-0.4, -0.2) is 0 Å². The highest BCUT2D eigenvalue weighted by atomic mass is 14.6. The standard InChI is InChI=1S/C31H38/c1-19-4-28(31-16-23-8-24(17-31)10-25(9-23)18-31)11-26-2-3-27(12-29(19)26)30-13-20-5-21(14-30)7-22(6-20)15-30/h2-4,11-12,20-25H,5-10,13-18H2,1H3. The molecule has 8 fully saturated rings. The third-order valence-corrected chi connectivity index (χ3v) is 11.5.